The van der Waals surface area contributed by atoms with E-state index in [4.69, 9.17) is 23.5 Å². The van der Waals surface area contributed by atoms with Gasteiger partial charge in [-0.1, -0.05) is 56.3 Å². The molecule has 256 valence electrons. The second-order valence-electron chi connectivity index (χ2n) is 14.7. The Kier molecular flexibility index (Phi) is 5.94. The molecule has 7 heterocycles. The van der Waals surface area contributed by atoms with E-state index >= 15 is 0 Å². The van der Waals surface area contributed by atoms with Crippen molar-refractivity contribution >= 4 is 28.4 Å². The number of H-pyrrole nitrogens is 1. The highest BCUT2D eigenvalue weighted by Gasteiger charge is 2.61. The quantitative estimate of drug-likeness (QED) is 0.161. The van der Waals surface area contributed by atoms with E-state index in [2.05, 4.69) is 45.2 Å². The third kappa shape index (κ3) is 4.04. The second-order valence-corrected chi connectivity index (χ2v) is 14.7. The number of nitrogens with zero attached hydrogens (tertiary/aromatic N) is 2. The van der Waals surface area contributed by atoms with Gasteiger partial charge in [-0.2, -0.15) is 0 Å². The Morgan fingerprint density at radius 3 is 2.69 bits per heavy atom. The van der Waals surface area contributed by atoms with Gasteiger partial charge in [-0.15, -0.1) is 0 Å². The van der Waals surface area contributed by atoms with Crippen LogP contribution in [0.5, 0.6) is 5.75 Å². The zero-order valence-electron chi connectivity index (χ0n) is 28.3. The maximum Gasteiger partial charge on any atom is 0.252 e. The molecule has 3 aromatic heterocycles. The summed E-state index contributed by atoms with van der Waals surface area (Å²) in [6.45, 7) is 6.70. The fourth-order valence-electron chi connectivity index (χ4n) is 8.19. The van der Waals surface area contributed by atoms with Gasteiger partial charge in [-0.05, 0) is 43.0 Å². The van der Waals surface area contributed by atoms with Gasteiger partial charge in [0.25, 0.3) is 5.91 Å². The van der Waals surface area contributed by atoms with Crippen LogP contribution in [-0.4, -0.2) is 49.7 Å². The lowest BCUT2D eigenvalue weighted by atomic mass is 9.72. The van der Waals surface area contributed by atoms with Crippen LogP contribution in [-0.2, 0) is 21.4 Å². The van der Waals surface area contributed by atoms with E-state index < -0.39 is 41.1 Å². The number of nitrogens with one attached hydrogen (secondary N) is 4. The number of oxazole rings is 2. The molecule has 10 bridgehead atoms. The molecule has 0 saturated carbocycles. The smallest absolute Gasteiger partial charge is 0.252 e. The lowest BCUT2D eigenvalue weighted by Crippen LogP contribution is -2.54. The Morgan fingerprint density at radius 1 is 1.04 bits per heavy atom. The first-order chi connectivity index (χ1) is 24.5. The molecular weight excluding hydrogens is 648 g/mol. The molecule has 10 rings (SSSR count). The zero-order valence-corrected chi connectivity index (χ0v) is 28.3. The maximum absolute atomic E-state index is 14.1. The Labute approximate surface area is 291 Å². The van der Waals surface area contributed by atoms with E-state index in [-0.39, 0.29) is 24.1 Å². The van der Waals surface area contributed by atoms with Crippen molar-refractivity contribution in [1.29, 1.82) is 0 Å². The molecule has 0 saturated heterocycles. The molecule has 6 aromatic rings. The fraction of sp³-hybridized carbons (Fsp3) is 0.282. The Hall–Kier alpha value is -5.88. The Morgan fingerprint density at radius 2 is 1.86 bits per heavy atom. The maximum atomic E-state index is 14.1. The number of carbonyl (C=O) groups excluding carboxylic acids is 2. The number of rotatable bonds is 3. The van der Waals surface area contributed by atoms with Gasteiger partial charge in [0.1, 0.15) is 28.8 Å². The van der Waals surface area contributed by atoms with Crippen molar-refractivity contribution in [3.05, 3.63) is 95.3 Å². The standard InChI is InChI=1S/C39H34N6O6/c1-17(2)29-35-44-31-32(51-35)39-22-9-5-8-20(19-7-6-10-24-28(19)21(15-40-24)27-16-41-34(31)49-27)30(22)45-37(39)50-26-12-11-18(13-23(26)39)14-25(33(46)43-29)42-36(47)38(3,4)48/h5-13,15-17,25,29,37,40,45,48H,14H2,1-4H3,(H,42,47)(H,43,46)/t25-,29-,37?,39?/m0/s1. The summed E-state index contributed by atoms with van der Waals surface area (Å²) in [4.78, 5) is 40.4. The van der Waals surface area contributed by atoms with Crippen LogP contribution in [0.15, 0.2) is 75.8 Å². The van der Waals surface area contributed by atoms with Crippen LogP contribution in [0.1, 0.15) is 62.1 Å². The molecule has 51 heavy (non-hydrogen) atoms. The summed E-state index contributed by atoms with van der Waals surface area (Å²) in [6, 6.07) is 16.5. The van der Waals surface area contributed by atoms with Gasteiger partial charge in [-0.3, -0.25) is 9.59 Å². The van der Waals surface area contributed by atoms with Gasteiger partial charge in [0.05, 0.1) is 6.20 Å². The summed E-state index contributed by atoms with van der Waals surface area (Å²) in [5.74, 6) is 0.954. The van der Waals surface area contributed by atoms with Crippen LogP contribution in [0.2, 0.25) is 0 Å². The lowest BCUT2D eigenvalue weighted by Gasteiger charge is -2.29. The molecule has 2 amide bonds. The number of amides is 2. The number of hydrogen-bond donors (Lipinski definition) is 5. The third-order valence-corrected chi connectivity index (χ3v) is 10.7. The molecule has 0 fully saturated rings. The minimum atomic E-state index is -1.70. The highest BCUT2D eigenvalue weighted by atomic mass is 16.5. The number of aromatic amines is 1. The summed E-state index contributed by atoms with van der Waals surface area (Å²) in [5, 5.41) is 21.2. The molecule has 0 aliphatic carbocycles. The van der Waals surface area contributed by atoms with E-state index in [1.165, 1.54) is 13.8 Å². The number of aromatic nitrogens is 3. The third-order valence-electron chi connectivity index (χ3n) is 10.7. The van der Waals surface area contributed by atoms with Crippen LogP contribution in [0.4, 0.5) is 5.69 Å². The fourth-order valence-corrected chi connectivity index (χ4v) is 8.19. The first-order valence-electron chi connectivity index (χ1n) is 17.1. The predicted octanol–water partition coefficient (Wildman–Crippen LogP) is 5.56. The molecule has 4 aliphatic heterocycles. The van der Waals surface area contributed by atoms with E-state index in [9.17, 15) is 14.7 Å². The number of hydrogen-bond acceptors (Lipinski definition) is 9. The monoisotopic (exact) mass is 682 g/mol. The van der Waals surface area contributed by atoms with Crippen LogP contribution < -0.4 is 20.7 Å². The summed E-state index contributed by atoms with van der Waals surface area (Å²) in [6.07, 6.45) is 3.16. The van der Waals surface area contributed by atoms with E-state index in [1.54, 1.807) is 6.20 Å². The largest absolute Gasteiger partial charge is 0.469 e. The molecule has 1 spiro atoms. The van der Waals surface area contributed by atoms with Crippen molar-refractivity contribution in [2.75, 3.05) is 5.32 Å². The van der Waals surface area contributed by atoms with Crippen molar-refractivity contribution in [2.45, 2.75) is 63.4 Å². The summed E-state index contributed by atoms with van der Waals surface area (Å²) in [5.41, 5.74) is 4.89. The van der Waals surface area contributed by atoms with E-state index in [0.29, 0.717) is 23.0 Å². The second kappa shape index (κ2) is 10.1. The number of para-hydroxylation sites is 1. The first kappa shape index (κ1) is 30.0. The van der Waals surface area contributed by atoms with Crippen molar-refractivity contribution in [3.63, 3.8) is 0 Å². The summed E-state index contributed by atoms with van der Waals surface area (Å²) < 4.78 is 20.3. The van der Waals surface area contributed by atoms with Gasteiger partial charge in [0.2, 0.25) is 17.7 Å². The molecular formula is C39H34N6O6. The minimum absolute atomic E-state index is 0.160. The topological polar surface area (TPSA) is 168 Å². The van der Waals surface area contributed by atoms with Crippen molar-refractivity contribution in [1.82, 2.24) is 25.6 Å². The highest BCUT2D eigenvalue weighted by Crippen LogP contribution is 2.61. The molecule has 0 radical (unpaired) electrons. The van der Waals surface area contributed by atoms with Gasteiger partial charge in [0, 0.05) is 51.5 Å². The highest BCUT2D eigenvalue weighted by molar-refractivity contribution is 6.07. The summed E-state index contributed by atoms with van der Waals surface area (Å²) >= 11 is 0. The zero-order chi connectivity index (χ0) is 35.0. The average Bonchev–Trinajstić information content (AvgIpc) is 3.91. The first-order valence-corrected chi connectivity index (χ1v) is 17.1. The average molecular weight is 683 g/mol. The van der Waals surface area contributed by atoms with Crippen LogP contribution in [0.3, 0.4) is 0 Å². The lowest BCUT2D eigenvalue weighted by molar-refractivity contribution is -0.139. The molecule has 4 aliphatic rings. The number of anilines is 1. The summed E-state index contributed by atoms with van der Waals surface area (Å²) in [7, 11) is 0. The number of benzene rings is 3. The normalized spacial score (nSPS) is 22.4. The van der Waals surface area contributed by atoms with Crippen molar-refractivity contribution < 1.29 is 28.3 Å². The van der Waals surface area contributed by atoms with Crippen molar-refractivity contribution in [3.8, 4) is 39.8 Å². The van der Waals surface area contributed by atoms with Gasteiger partial charge in [0.15, 0.2) is 23.4 Å². The number of fused-ring (bicyclic) bond motifs is 7. The molecule has 5 N–H and O–H groups in total. The SMILES string of the molecule is CC(C)[C@@H]1NC(=O)[C@@H](NC(=O)C(C)(C)O)Cc2ccc3c(c2)C24c5cccc(c5NC2O3)-c2cccc3[nH]cc(c23)-c2cnc(o2)-c2nc1oc24. The van der Waals surface area contributed by atoms with E-state index in [1.807, 2.05) is 50.4 Å². The van der Waals surface area contributed by atoms with Gasteiger partial charge >= 0.3 is 0 Å². The molecule has 12 heteroatoms. The Balaban J connectivity index is 1.30. The molecule has 2 unspecified atom stereocenters. The molecule has 4 atom stereocenters. The number of carbonyl (C=O) groups is 2. The number of ether oxygens (including phenoxy) is 1. The van der Waals surface area contributed by atoms with Crippen LogP contribution in [0, 0.1) is 5.92 Å². The molecule has 12 nitrogen and oxygen atoms in total. The minimum Gasteiger partial charge on any atom is -0.469 e. The van der Waals surface area contributed by atoms with Crippen molar-refractivity contribution in [2.24, 2.45) is 5.92 Å². The molecule has 3 aromatic carbocycles. The Bertz CT molecular complexity index is 2470. The van der Waals surface area contributed by atoms with Crippen LogP contribution in [0.25, 0.3) is 44.9 Å². The predicted molar refractivity (Wildman–Crippen MR) is 187 cm³/mol. The number of aliphatic hydroxyl groups is 1. The van der Waals surface area contributed by atoms with Gasteiger partial charge in [-0.25, -0.2) is 9.97 Å². The van der Waals surface area contributed by atoms with Gasteiger partial charge < -0.3 is 39.6 Å². The van der Waals surface area contributed by atoms with E-state index in [0.717, 1.165) is 50.0 Å². The van der Waals surface area contributed by atoms with Crippen LogP contribution >= 0.6 is 0 Å².